The lowest BCUT2D eigenvalue weighted by atomic mass is 10.1. The van der Waals surface area contributed by atoms with Gasteiger partial charge in [0.1, 0.15) is 11.5 Å². The number of benzene rings is 2. The number of hydrogen-bond donors (Lipinski definition) is 1. The molecule has 5 rings (SSSR count). The molecule has 9 heteroatoms. The molecule has 0 aliphatic carbocycles. The number of nitrogens with one attached hydrogen (secondary N) is 1. The summed E-state index contributed by atoms with van der Waals surface area (Å²) in [4.78, 5) is 23.6. The second-order valence-corrected chi connectivity index (χ2v) is 9.51. The quantitative estimate of drug-likeness (QED) is 0.346. The number of halogens is 1. The number of ether oxygens (including phenoxy) is 2. The third kappa shape index (κ3) is 5.36. The van der Waals surface area contributed by atoms with Crippen molar-refractivity contribution in [2.75, 3.05) is 32.1 Å². The fourth-order valence-electron chi connectivity index (χ4n) is 4.27. The lowest BCUT2D eigenvalue weighted by Gasteiger charge is -2.37. The van der Waals surface area contributed by atoms with Crippen molar-refractivity contribution in [1.29, 1.82) is 0 Å². The normalized spacial score (nSPS) is 14.1. The first-order valence-electron chi connectivity index (χ1n) is 11.8. The minimum atomic E-state index is 0.123. The van der Waals surface area contributed by atoms with Gasteiger partial charge in [-0.1, -0.05) is 17.7 Å². The zero-order valence-corrected chi connectivity index (χ0v) is 21.2. The second-order valence-electron chi connectivity index (χ2n) is 9.11. The van der Waals surface area contributed by atoms with Gasteiger partial charge in [-0.05, 0) is 42.8 Å². The number of carbonyl (C=O) groups is 1. The summed E-state index contributed by atoms with van der Waals surface area (Å²) < 4.78 is 13.3. The van der Waals surface area contributed by atoms with Crippen LogP contribution >= 0.6 is 11.6 Å². The first-order valence-corrected chi connectivity index (χ1v) is 12.1. The Bertz CT molecular complexity index is 1410. The molecule has 1 saturated heterocycles. The van der Waals surface area contributed by atoms with E-state index in [0.717, 1.165) is 35.4 Å². The van der Waals surface area contributed by atoms with Crippen molar-refractivity contribution in [2.24, 2.45) is 7.05 Å². The average Bonchev–Trinajstić information content (AvgIpc) is 3.13. The fraction of sp³-hybridized carbons (Fsp3) is 0.296. The minimum absolute atomic E-state index is 0.123. The number of Topliss-reactive ketones (excluding diaryl/α,β-unsaturated/α-hetero) is 1. The Labute approximate surface area is 214 Å². The van der Waals surface area contributed by atoms with Gasteiger partial charge in [0.2, 0.25) is 5.95 Å². The number of methoxy groups -OCH3 is 1. The number of likely N-dealkylation sites (tertiary alicyclic amines) is 1. The molecule has 0 amide bonds. The van der Waals surface area contributed by atoms with Gasteiger partial charge in [-0.3, -0.25) is 14.7 Å². The van der Waals surface area contributed by atoms with Gasteiger partial charge in [0.05, 0.1) is 46.5 Å². The molecule has 1 N–H and O–H groups in total. The summed E-state index contributed by atoms with van der Waals surface area (Å²) in [7, 11) is 3.64. The molecule has 1 aliphatic heterocycles. The van der Waals surface area contributed by atoms with Crippen molar-refractivity contribution in [3.63, 3.8) is 0 Å². The largest absolute Gasteiger partial charge is 0.457 e. The summed E-state index contributed by atoms with van der Waals surface area (Å²) in [5.74, 6) is 2.07. The number of imidazole rings is 1. The summed E-state index contributed by atoms with van der Waals surface area (Å²) in [6.07, 6.45) is 2.16. The number of aryl methyl sites for hydroxylation is 2. The highest BCUT2D eigenvalue weighted by molar-refractivity contribution is 6.33. The number of anilines is 2. The number of ketones is 1. The maximum absolute atomic E-state index is 12.4. The van der Waals surface area contributed by atoms with Crippen LogP contribution in [-0.4, -0.2) is 58.1 Å². The van der Waals surface area contributed by atoms with Gasteiger partial charge in [-0.2, -0.15) is 0 Å². The molecule has 4 aromatic rings. The van der Waals surface area contributed by atoms with E-state index in [-0.39, 0.29) is 18.3 Å². The van der Waals surface area contributed by atoms with Crippen LogP contribution in [0, 0.1) is 6.92 Å². The molecule has 1 fully saturated rings. The minimum Gasteiger partial charge on any atom is -0.457 e. The van der Waals surface area contributed by atoms with E-state index in [1.807, 2.05) is 54.9 Å². The molecule has 2 aromatic heterocycles. The van der Waals surface area contributed by atoms with Crippen molar-refractivity contribution in [3.8, 4) is 11.5 Å². The van der Waals surface area contributed by atoms with Crippen LogP contribution in [0.25, 0.3) is 11.0 Å². The van der Waals surface area contributed by atoms with Crippen LogP contribution in [0.5, 0.6) is 11.5 Å². The lowest BCUT2D eigenvalue weighted by Crippen LogP contribution is -2.53. The molecule has 3 heterocycles. The molecule has 0 saturated carbocycles. The van der Waals surface area contributed by atoms with Gasteiger partial charge in [0, 0.05) is 45.6 Å². The molecular formula is C27H28ClN5O3. The van der Waals surface area contributed by atoms with E-state index in [9.17, 15) is 4.79 Å². The maximum atomic E-state index is 12.4. The molecule has 0 unspecified atom stereocenters. The molecule has 8 nitrogen and oxygen atoms in total. The lowest BCUT2D eigenvalue weighted by molar-refractivity contribution is -0.123. The molecular weight excluding hydrogens is 478 g/mol. The predicted octanol–water partition coefficient (Wildman–Crippen LogP) is 4.91. The van der Waals surface area contributed by atoms with Gasteiger partial charge in [0.25, 0.3) is 0 Å². The number of aromatic nitrogens is 3. The van der Waals surface area contributed by atoms with E-state index in [4.69, 9.17) is 26.1 Å². The number of pyridine rings is 1. The van der Waals surface area contributed by atoms with Crippen LogP contribution in [0.2, 0.25) is 5.02 Å². The molecule has 36 heavy (non-hydrogen) atoms. The second kappa shape index (κ2) is 10.3. The van der Waals surface area contributed by atoms with Gasteiger partial charge < -0.3 is 19.4 Å². The smallest absolute Gasteiger partial charge is 0.208 e. The van der Waals surface area contributed by atoms with Gasteiger partial charge in [0.15, 0.2) is 5.78 Å². The zero-order valence-electron chi connectivity index (χ0n) is 20.5. The first kappa shape index (κ1) is 24.2. The Kier molecular flexibility index (Phi) is 6.91. The standard InChI is InChI=1S/C27H28ClN5O3/c1-17-4-6-23(28)24(10-17)30-27-31-25-13-20(5-7-26(25)32(27)2)36-21-8-9-29-18(12-21)11-19(34)14-33-15-22(16-33)35-3/h4-10,12-13,22H,11,14-16H2,1-3H3,(H,30,31). The van der Waals surface area contributed by atoms with Gasteiger partial charge >= 0.3 is 0 Å². The first-order chi connectivity index (χ1) is 17.4. The number of fused-ring (bicyclic) bond motifs is 1. The summed E-state index contributed by atoms with van der Waals surface area (Å²) in [5.41, 5.74) is 4.33. The number of carbonyl (C=O) groups excluding carboxylic acids is 1. The van der Waals surface area contributed by atoms with Crippen molar-refractivity contribution in [3.05, 3.63) is 71.0 Å². The molecule has 186 valence electrons. The van der Waals surface area contributed by atoms with Crippen LogP contribution in [0.15, 0.2) is 54.7 Å². The van der Waals surface area contributed by atoms with E-state index >= 15 is 0 Å². The molecule has 2 aromatic carbocycles. The molecule has 0 radical (unpaired) electrons. The van der Waals surface area contributed by atoms with Crippen molar-refractivity contribution < 1.29 is 14.3 Å². The SMILES string of the molecule is COC1CN(CC(=O)Cc2cc(Oc3ccc4c(c3)nc(Nc3cc(C)ccc3Cl)n4C)ccn2)C1. The summed E-state index contributed by atoms with van der Waals surface area (Å²) in [6, 6.07) is 15.2. The monoisotopic (exact) mass is 505 g/mol. The van der Waals surface area contributed by atoms with Crippen LogP contribution in [0.1, 0.15) is 11.3 Å². The van der Waals surface area contributed by atoms with Crippen molar-refractivity contribution in [1.82, 2.24) is 19.4 Å². The van der Waals surface area contributed by atoms with E-state index in [1.54, 1.807) is 25.4 Å². The van der Waals surface area contributed by atoms with E-state index in [1.165, 1.54) is 0 Å². The topological polar surface area (TPSA) is 81.5 Å². The average molecular weight is 506 g/mol. The molecule has 0 atom stereocenters. The Balaban J connectivity index is 1.27. The molecule has 0 bridgehead atoms. The molecule has 1 aliphatic rings. The van der Waals surface area contributed by atoms with Gasteiger partial charge in [-0.15, -0.1) is 0 Å². The highest BCUT2D eigenvalue weighted by Crippen LogP contribution is 2.30. The van der Waals surface area contributed by atoms with Crippen LogP contribution in [0.3, 0.4) is 0 Å². The van der Waals surface area contributed by atoms with Crippen molar-refractivity contribution in [2.45, 2.75) is 19.4 Å². The maximum Gasteiger partial charge on any atom is 0.208 e. The Morgan fingerprint density at radius 3 is 2.75 bits per heavy atom. The Morgan fingerprint density at radius 2 is 1.94 bits per heavy atom. The fourth-order valence-corrected chi connectivity index (χ4v) is 4.44. The third-order valence-corrected chi connectivity index (χ3v) is 6.61. The Hall–Kier alpha value is -3.46. The predicted molar refractivity (Wildman–Crippen MR) is 140 cm³/mol. The Morgan fingerprint density at radius 1 is 1.14 bits per heavy atom. The van der Waals surface area contributed by atoms with Crippen molar-refractivity contribution >= 4 is 40.1 Å². The van der Waals surface area contributed by atoms with Crippen LogP contribution in [0.4, 0.5) is 11.6 Å². The highest BCUT2D eigenvalue weighted by Gasteiger charge is 2.27. The van der Waals surface area contributed by atoms with E-state index in [2.05, 4.69) is 15.2 Å². The van der Waals surface area contributed by atoms with Gasteiger partial charge in [-0.25, -0.2) is 4.98 Å². The van der Waals surface area contributed by atoms with E-state index < -0.39 is 0 Å². The number of rotatable bonds is 9. The number of nitrogens with zero attached hydrogens (tertiary/aromatic N) is 4. The van der Waals surface area contributed by atoms with Crippen LogP contribution < -0.4 is 10.1 Å². The van der Waals surface area contributed by atoms with E-state index in [0.29, 0.717) is 34.7 Å². The van der Waals surface area contributed by atoms with Crippen LogP contribution in [-0.2, 0) is 23.0 Å². The number of hydrogen-bond acceptors (Lipinski definition) is 7. The summed E-state index contributed by atoms with van der Waals surface area (Å²) in [5, 5.41) is 3.95. The summed E-state index contributed by atoms with van der Waals surface area (Å²) in [6.45, 7) is 4.02. The third-order valence-electron chi connectivity index (χ3n) is 6.28. The zero-order chi connectivity index (χ0) is 25.2. The molecule has 0 spiro atoms. The summed E-state index contributed by atoms with van der Waals surface area (Å²) >= 11 is 6.35. The highest BCUT2D eigenvalue weighted by atomic mass is 35.5.